The van der Waals surface area contributed by atoms with Gasteiger partial charge in [-0.1, -0.05) is 97.1 Å². The Labute approximate surface area is 329 Å². The third-order valence-corrected chi connectivity index (χ3v) is 9.56. The summed E-state index contributed by atoms with van der Waals surface area (Å²) in [5, 5.41) is 15.9. The molecule has 0 radical (unpaired) electrons. The topological polar surface area (TPSA) is 116 Å². The molecule has 5 rings (SSSR count). The van der Waals surface area contributed by atoms with Crippen LogP contribution >= 0.6 is 0 Å². The highest BCUT2D eigenvalue weighted by molar-refractivity contribution is 5.87. The second-order valence-electron chi connectivity index (χ2n) is 16.4. The van der Waals surface area contributed by atoms with Gasteiger partial charge in [-0.2, -0.15) is 0 Å². The summed E-state index contributed by atoms with van der Waals surface area (Å²) in [6, 6.07) is 34.4. The molecular weight excluding hydrogens is 705 g/mol. The van der Waals surface area contributed by atoms with Crippen molar-refractivity contribution in [2.45, 2.75) is 97.4 Å². The van der Waals surface area contributed by atoms with Crippen LogP contribution in [0.15, 0.2) is 115 Å². The zero-order valence-corrected chi connectivity index (χ0v) is 33.4. The number of amides is 1. The number of hydrogen-bond acceptors (Lipinski definition) is 7. The van der Waals surface area contributed by atoms with Gasteiger partial charge >= 0.3 is 11.9 Å². The summed E-state index contributed by atoms with van der Waals surface area (Å²) < 4.78 is 11.3. The number of benzene rings is 5. The zero-order chi connectivity index (χ0) is 40.6. The second kappa shape index (κ2) is 17.8. The Morgan fingerprint density at radius 3 is 1.89 bits per heavy atom. The number of allylic oxidation sites excluding steroid dienone is 1. The average molecular weight is 757 g/mol. The third kappa shape index (κ3) is 11.6. The Bertz CT molecular complexity index is 2210. The van der Waals surface area contributed by atoms with Crippen LogP contribution in [0.1, 0.15) is 90.3 Å². The quantitative estimate of drug-likeness (QED) is 0.0629. The SMILES string of the molecule is CC(C(C/C=C/c1ccc2ccccc2c1)c1ccc([N+](=O)[O-])cc1)N(Cc1ccc2ccccc2c1)C(=O)CC(CC(=O)OC(C)(C)C)C(=O)OC(C)(C)C. The molecule has 3 unspecified atom stereocenters. The maximum absolute atomic E-state index is 14.8. The zero-order valence-electron chi connectivity index (χ0n) is 33.4. The third-order valence-electron chi connectivity index (χ3n) is 9.56. The Balaban J connectivity index is 1.53. The first-order chi connectivity index (χ1) is 26.5. The van der Waals surface area contributed by atoms with Gasteiger partial charge in [0.05, 0.1) is 17.3 Å². The minimum absolute atomic E-state index is 0.0294. The van der Waals surface area contributed by atoms with Crippen LogP contribution in [-0.4, -0.2) is 44.9 Å². The smallest absolute Gasteiger partial charge is 0.310 e. The number of ether oxygens (including phenoxy) is 2. The highest BCUT2D eigenvalue weighted by Gasteiger charge is 2.35. The lowest BCUT2D eigenvalue weighted by Gasteiger charge is -2.36. The Morgan fingerprint density at radius 1 is 0.732 bits per heavy atom. The van der Waals surface area contributed by atoms with E-state index in [1.165, 1.54) is 12.1 Å². The average Bonchev–Trinajstić information content (AvgIpc) is 3.13. The number of esters is 2. The first-order valence-corrected chi connectivity index (χ1v) is 19.1. The van der Waals surface area contributed by atoms with Gasteiger partial charge in [0.15, 0.2) is 0 Å². The molecule has 5 aromatic rings. The maximum atomic E-state index is 14.8. The van der Waals surface area contributed by atoms with E-state index in [0.717, 1.165) is 38.2 Å². The highest BCUT2D eigenvalue weighted by atomic mass is 16.6. The summed E-state index contributed by atoms with van der Waals surface area (Å²) >= 11 is 0. The lowest BCUT2D eigenvalue weighted by atomic mass is 9.87. The molecule has 9 nitrogen and oxygen atoms in total. The molecule has 5 aromatic carbocycles. The largest absolute Gasteiger partial charge is 0.460 e. The first kappa shape index (κ1) is 41.3. The van der Waals surface area contributed by atoms with Gasteiger partial charge in [-0.3, -0.25) is 24.5 Å². The van der Waals surface area contributed by atoms with E-state index in [2.05, 4.69) is 42.5 Å². The Kier molecular flexibility index (Phi) is 13.1. The fourth-order valence-corrected chi connectivity index (χ4v) is 6.86. The summed E-state index contributed by atoms with van der Waals surface area (Å²) in [5.41, 5.74) is 1.07. The molecule has 0 saturated heterocycles. The number of nitrogens with zero attached hydrogens (tertiary/aromatic N) is 2. The van der Waals surface area contributed by atoms with Gasteiger partial charge in [-0.05, 0) is 105 Å². The van der Waals surface area contributed by atoms with Crippen LogP contribution in [0.3, 0.4) is 0 Å². The lowest BCUT2D eigenvalue weighted by Crippen LogP contribution is -2.43. The minimum atomic E-state index is -1.09. The van der Waals surface area contributed by atoms with Gasteiger partial charge < -0.3 is 14.4 Å². The number of hydrogen-bond donors (Lipinski definition) is 0. The van der Waals surface area contributed by atoms with E-state index in [9.17, 15) is 24.5 Å². The molecule has 0 fully saturated rings. The second-order valence-corrected chi connectivity index (χ2v) is 16.4. The van der Waals surface area contributed by atoms with Crippen molar-refractivity contribution in [3.05, 3.63) is 142 Å². The highest BCUT2D eigenvalue weighted by Crippen LogP contribution is 2.33. The molecule has 0 heterocycles. The number of carbonyl (C=O) groups excluding carboxylic acids is 3. The van der Waals surface area contributed by atoms with Crippen molar-refractivity contribution < 1.29 is 28.8 Å². The molecule has 1 amide bonds. The van der Waals surface area contributed by atoms with Gasteiger partial charge in [0.25, 0.3) is 5.69 Å². The van der Waals surface area contributed by atoms with Crippen molar-refractivity contribution in [3.63, 3.8) is 0 Å². The fourth-order valence-electron chi connectivity index (χ4n) is 6.86. The van der Waals surface area contributed by atoms with Crippen molar-refractivity contribution in [1.29, 1.82) is 0 Å². The number of rotatable bonds is 14. The molecule has 292 valence electrons. The number of nitro benzene ring substituents is 1. The van der Waals surface area contributed by atoms with Gasteiger partial charge in [0.2, 0.25) is 5.91 Å². The molecular formula is C47H52N2O7. The van der Waals surface area contributed by atoms with E-state index < -0.39 is 40.0 Å². The molecule has 0 aliphatic carbocycles. The number of carbonyl (C=O) groups is 3. The van der Waals surface area contributed by atoms with Gasteiger partial charge in [-0.15, -0.1) is 0 Å². The summed E-state index contributed by atoms with van der Waals surface area (Å²) in [6.45, 7) is 12.7. The van der Waals surface area contributed by atoms with Crippen molar-refractivity contribution in [3.8, 4) is 0 Å². The summed E-state index contributed by atoms with van der Waals surface area (Å²) in [4.78, 5) is 54.4. The summed E-state index contributed by atoms with van der Waals surface area (Å²) in [7, 11) is 0. The molecule has 0 bridgehead atoms. The van der Waals surface area contributed by atoms with E-state index >= 15 is 0 Å². The van der Waals surface area contributed by atoms with Crippen molar-refractivity contribution in [2.24, 2.45) is 5.92 Å². The predicted molar refractivity (Wildman–Crippen MR) is 222 cm³/mol. The van der Waals surface area contributed by atoms with Crippen LogP contribution in [0.25, 0.3) is 27.6 Å². The monoisotopic (exact) mass is 756 g/mol. The molecule has 3 atom stereocenters. The van der Waals surface area contributed by atoms with E-state index in [1.54, 1.807) is 58.6 Å². The van der Waals surface area contributed by atoms with Crippen molar-refractivity contribution in [1.82, 2.24) is 4.90 Å². The number of fused-ring (bicyclic) bond motifs is 2. The first-order valence-electron chi connectivity index (χ1n) is 19.1. The Morgan fingerprint density at radius 2 is 1.30 bits per heavy atom. The van der Waals surface area contributed by atoms with Crippen LogP contribution in [0.5, 0.6) is 0 Å². The molecule has 0 aromatic heterocycles. The van der Waals surface area contributed by atoms with Crippen molar-refractivity contribution >= 4 is 51.2 Å². The minimum Gasteiger partial charge on any atom is -0.460 e. The standard InChI is InChI=1S/C47H52N2O7/c1-32(42(37-23-25-41(26-24-37)49(53)54)18-12-13-33-19-21-35-14-8-10-16-38(35)27-33)48(31-34-20-22-36-15-9-11-17-39(36)28-34)43(50)29-40(45(52)56-47(5,6)7)30-44(51)55-46(2,3)4/h8-17,19-28,32,40,42H,18,29-31H2,1-7H3/b13-12+. The molecule has 9 heteroatoms. The number of non-ortho nitro benzene ring substituents is 1. The molecule has 0 saturated carbocycles. The normalized spacial score (nSPS) is 13.6. The van der Waals surface area contributed by atoms with Crippen LogP contribution in [-0.2, 0) is 30.4 Å². The van der Waals surface area contributed by atoms with Crippen LogP contribution in [0.4, 0.5) is 5.69 Å². The Hall–Kier alpha value is -5.83. The van der Waals surface area contributed by atoms with Crippen LogP contribution in [0.2, 0.25) is 0 Å². The van der Waals surface area contributed by atoms with E-state index in [0.29, 0.717) is 6.42 Å². The molecule has 56 heavy (non-hydrogen) atoms. The summed E-state index contributed by atoms with van der Waals surface area (Å²) in [5.74, 6) is -2.98. The lowest BCUT2D eigenvalue weighted by molar-refractivity contribution is -0.384. The van der Waals surface area contributed by atoms with E-state index in [-0.39, 0.29) is 36.9 Å². The van der Waals surface area contributed by atoms with Crippen LogP contribution in [0, 0.1) is 16.0 Å². The van der Waals surface area contributed by atoms with Gasteiger partial charge in [-0.25, -0.2) is 0 Å². The predicted octanol–water partition coefficient (Wildman–Crippen LogP) is 10.6. The van der Waals surface area contributed by atoms with Gasteiger partial charge in [0, 0.05) is 37.1 Å². The molecule has 0 aliphatic heterocycles. The van der Waals surface area contributed by atoms with Crippen molar-refractivity contribution in [2.75, 3.05) is 0 Å². The van der Waals surface area contributed by atoms with Crippen LogP contribution < -0.4 is 0 Å². The maximum Gasteiger partial charge on any atom is 0.310 e. The summed E-state index contributed by atoms with van der Waals surface area (Å²) in [6.07, 6.45) is 4.01. The van der Waals surface area contributed by atoms with E-state index in [4.69, 9.17) is 9.47 Å². The van der Waals surface area contributed by atoms with Gasteiger partial charge in [0.1, 0.15) is 11.2 Å². The van der Waals surface area contributed by atoms with E-state index in [1.807, 2.05) is 61.5 Å². The number of nitro groups is 1. The fraction of sp³-hybridized carbons (Fsp3) is 0.340. The molecule has 0 aliphatic rings. The molecule has 0 spiro atoms. The molecule has 0 N–H and O–H groups in total.